The molecule has 1 fully saturated rings. The van der Waals surface area contributed by atoms with Crippen molar-refractivity contribution in [1.29, 1.82) is 0 Å². The molecule has 2 aromatic heterocycles. The third kappa shape index (κ3) is 6.89. The van der Waals surface area contributed by atoms with Gasteiger partial charge in [-0.1, -0.05) is 30.3 Å². The summed E-state index contributed by atoms with van der Waals surface area (Å²) in [7, 11) is 0. The summed E-state index contributed by atoms with van der Waals surface area (Å²) in [6, 6.07) is 12.8. The van der Waals surface area contributed by atoms with Gasteiger partial charge < -0.3 is 19.5 Å². The van der Waals surface area contributed by atoms with Crippen LogP contribution in [0.1, 0.15) is 52.9 Å². The van der Waals surface area contributed by atoms with Crippen LogP contribution in [0.2, 0.25) is 0 Å². The molecule has 3 heterocycles. The summed E-state index contributed by atoms with van der Waals surface area (Å²) in [5, 5.41) is 12.8. The number of aromatic carboxylic acids is 1. The van der Waals surface area contributed by atoms with E-state index >= 15 is 4.39 Å². The van der Waals surface area contributed by atoms with E-state index in [-0.39, 0.29) is 35.6 Å². The number of hydrogen-bond acceptors (Lipinski definition) is 6. The zero-order chi connectivity index (χ0) is 32.3. The van der Waals surface area contributed by atoms with Gasteiger partial charge in [-0.3, -0.25) is 0 Å². The molecule has 0 spiro atoms. The minimum atomic E-state index is -5.09. The zero-order valence-corrected chi connectivity index (χ0v) is 23.9. The van der Waals surface area contributed by atoms with Crippen LogP contribution in [0.15, 0.2) is 60.8 Å². The molecule has 1 aliphatic heterocycles. The van der Waals surface area contributed by atoms with Crippen LogP contribution in [0.5, 0.6) is 5.75 Å². The number of halogens is 5. The summed E-state index contributed by atoms with van der Waals surface area (Å²) in [5.74, 6) is -4.41. The predicted octanol–water partition coefficient (Wildman–Crippen LogP) is 6.84. The number of carboxylic acid groups (broad SMARTS) is 1. The number of nitrogens with zero attached hydrogens (tertiary/aromatic N) is 4. The molecule has 236 valence electrons. The maximum Gasteiger partial charge on any atom is 0.434 e. The van der Waals surface area contributed by atoms with Crippen LogP contribution in [-0.2, 0) is 17.5 Å². The highest BCUT2D eigenvalue weighted by molar-refractivity contribution is 5.89. The first kappa shape index (κ1) is 31.4. The van der Waals surface area contributed by atoms with Crippen molar-refractivity contribution >= 4 is 12.1 Å². The van der Waals surface area contributed by atoms with E-state index in [0.717, 1.165) is 30.5 Å². The van der Waals surface area contributed by atoms with Gasteiger partial charge >= 0.3 is 18.2 Å². The molecule has 1 saturated heterocycles. The number of aromatic nitrogens is 3. The molecule has 14 heteroatoms. The van der Waals surface area contributed by atoms with Gasteiger partial charge in [0.15, 0.2) is 23.1 Å². The van der Waals surface area contributed by atoms with Crippen molar-refractivity contribution in [1.82, 2.24) is 19.7 Å². The molecule has 1 amide bonds. The van der Waals surface area contributed by atoms with Crippen LogP contribution in [0.3, 0.4) is 0 Å². The maximum atomic E-state index is 15.0. The second-order valence-corrected chi connectivity index (χ2v) is 10.3. The molecule has 1 N–H and O–H groups in total. The smallest absolute Gasteiger partial charge is 0.434 e. The number of ether oxygens (including phenoxy) is 2. The van der Waals surface area contributed by atoms with E-state index < -0.39 is 40.9 Å². The highest BCUT2D eigenvalue weighted by atomic mass is 19.4. The summed E-state index contributed by atoms with van der Waals surface area (Å²) in [6.07, 6.45) is -3.32. The fourth-order valence-electron chi connectivity index (χ4n) is 5.19. The van der Waals surface area contributed by atoms with E-state index in [1.54, 1.807) is 11.8 Å². The summed E-state index contributed by atoms with van der Waals surface area (Å²) in [6.45, 7) is 3.12. The molecule has 0 bridgehead atoms. The number of alkyl halides is 3. The highest BCUT2D eigenvalue weighted by Gasteiger charge is 2.41. The Kier molecular flexibility index (Phi) is 9.02. The normalized spacial score (nSPS) is 14.0. The second-order valence-electron chi connectivity index (χ2n) is 10.3. The number of carboxylic acids is 1. The Morgan fingerprint density at radius 3 is 2.40 bits per heavy atom. The predicted molar refractivity (Wildman–Crippen MR) is 150 cm³/mol. The van der Waals surface area contributed by atoms with Crippen LogP contribution < -0.4 is 4.74 Å². The number of likely N-dealkylation sites (tertiary alicyclic amines) is 1. The lowest BCUT2D eigenvalue weighted by atomic mass is 9.89. The molecule has 0 unspecified atom stereocenters. The standard InChI is InChI=1S/C31H27F5N4O5/c1-2-44-30(43)39-12-10-20(11-13-39)19-8-6-18(7-9-19)17-45-27-22(14-21(32)15-24(27)33)25-4-3-5-26(38-25)40-28(31(34,35)36)23(16-37-40)29(41)42/h3-9,14-16,20H,2,10-13,17H2,1H3,(H,41,42). The lowest BCUT2D eigenvalue weighted by Crippen LogP contribution is -2.38. The molecule has 5 rings (SSSR count). The molecule has 0 radical (unpaired) electrons. The molecule has 1 aliphatic rings. The van der Waals surface area contributed by atoms with Crippen molar-refractivity contribution in [3.8, 4) is 22.8 Å². The number of amides is 1. The minimum Gasteiger partial charge on any atom is -0.485 e. The Balaban J connectivity index is 1.35. The summed E-state index contributed by atoms with van der Waals surface area (Å²) >= 11 is 0. The molecule has 4 aromatic rings. The fourth-order valence-corrected chi connectivity index (χ4v) is 5.19. The Morgan fingerprint density at radius 2 is 1.76 bits per heavy atom. The van der Waals surface area contributed by atoms with E-state index in [1.165, 1.54) is 12.1 Å². The SMILES string of the molecule is CCOC(=O)N1CCC(c2ccc(COc3c(F)cc(F)cc3-c3cccc(-n4ncc(C(=O)O)c4C(F)(F)F)n3)cc2)CC1. The largest absolute Gasteiger partial charge is 0.485 e. The van der Waals surface area contributed by atoms with Crippen LogP contribution in [-0.4, -0.2) is 56.5 Å². The van der Waals surface area contributed by atoms with Crippen LogP contribution in [0.4, 0.5) is 26.7 Å². The first-order chi connectivity index (χ1) is 21.5. The number of carbonyl (C=O) groups is 2. The highest BCUT2D eigenvalue weighted by Crippen LogP contribution is 2.36. The molecule has 0 saturated carbocycles. The van der Waals surface area contributed by atoms with E-state index in [1.807, 2.05) is 24.3 Å². The van der Waals surface area contributed by atoms with Crippen molar-refractivity contribution in [2.45, 2.75) is 38.5 Å². The average Bonchev–Trinajstić information content (AvgIpc) is 3.48. The van der Waals surface area contributed by atoms with Gasteiger partial charge in [-0.05, 0) is 55.0 Å². The van der Waals surface area contributed by atoms with Gasteiger partial charge in [0, 0.05) is 24.7 Å². The second kappa shape index (κ2) is 12.9. The van der Waals surface area contributed by atoms with Gasteiger partial charge in [0.1, 0.15) is 18.0 Å². The molecule has 0 atom stereocenters. The lowest BCUT2D eigenvalue weighted by Gasteiger charge is -2.31. The average molecular weight is 631 g/mol. The van der Waals surface area contributed by atoms with Gasteiger partial charge in [0.25, 0.3) is 0 Å². The zero-order valence-electron chi connectivity index (χ0n) is 23.9. The molecule has 9 nitrogen and oxygen atoms in total. The Hall–Kier alpha value is -5.01. The molecule has 0 aliphatic carbocycles. The number of carbonyl (C=O) groups excluding carboxylic acids is 1. The minimum absolute atomic E-state index is 0.115. The summed E-state index contributed by atoms with van der Waals surface area (Å²) in [5.41, 5.74) is -1.20. The monoisotopic (exact) mass is 630 g/mol. The molecular weight excluding hydrogens is 603 g/mol. The third-order valence-corrected chi connectivity index (χ3v) is 7.36. The Bertz CT molecular complexity index is 1700. The first-order valence-electron chi connectivity index (χ1n) is 13.9. The van der Waals surface area contributed by atoms with Crippen LogP contribution in [0, 0.1) is 11.6 Å². The van der Waals surface area contributed by atoms with E-state index in [0.29, 0.717) is 42.2 Å². The van der Waals surface area contributed by atoms with Crippen molar-refractivity contribution in [2.75, 3.05) is 19.7 Å². The fraction of sp³-hybridized carbons (Fsp3) is 0.290. The first-order valence-corrected chi connectivity index (χ1v) is 13.9. The van der Waals surface area contributed by atoms with Crippen molar-refractivity contribution in [3.05, 3.63) is 94.8 Å². The number of hydrogen-bond donors (Lipinski definition) is 1. The van der Waals surface area contributed by atoms with E-state index in [4.69, 9.17) is 9.47 Å². The van der Waals surface area contributed by atoms with Gasteiger partial charge in [-0.2, -0.15) is 18.3 Å². The summed E-state index contributed by atoms with van der Waals surface area (Å²) in [4.78, 5) is 29.1. The van der Waals surface area contributed by atoms with Crippen molar-refractivity contribution < 1.29 is 46.1 Å². The van der Waals surface area contributed by atoms with Crippen LogP contribution >= 0.6 is 0 Å². The van der Waals surface area contributed by atoms with Crippen molar-refractivity contribution in [3.63, 3.8) is 0 Å². The van der Waals surface area contributed by atoms with Crippen LogP contribution in [0.25, 0.3) is 17.1 Å². The number of pyridine rings is 1. The molecule has 45 heavy (non-hydrogen) atoms. The topological polar surface area (TPSA) is 107 Å². The van der Waals surface area contributed by atoms with Gasteiger partial charge in [-0.15, -0.1) is 0 Å². The van der Waals surface area contributed by atoms with Gasteiger partial charge in [-0.25, -0.2) is 28.0 Å². The Morgan fingerprint density at radius 1 is 1.04 bits per heavy atom. The van der Waals surface area contributed by atoms with E-state index in [9.17, 15) is 32.3 Å². The lowest BCUT2D eigenvalue weighted by molar-refractivity contribution is -0.143. The quantitative estimate of drug-likeness (QED) is 0.212. The number of piperidine rings is 1. The number of rotatable bonds is 8. The van der Waals surface area contributed by atoms with Gasteiger partial charge in [0.2, 0.25) is 0 Å². The maximum absolute atomic E-state index is 15.0. The molecular formula is C31H27F5N4O5. The van der Waals surface area contributed by atoms with Crippen molar-refractivity contribution in [2.24, 2.45) is 0 Å². The summed E-state index contributed by atoms with van der Waals surface area (Å²) < 4.78 is 81.7. The van der Waals surface area contributed by atoms with Gasteiger partial charge in [0.05, 0.1) is 18.5 Å². The molecule has 2 aromatic carbocycles. The Labute approximate surface area is 253 Å². The number of benzene rings is 2. The van der Waals surface area contributed by atoms with E-state index in [2.05, 4.69) is 10.1 Å². The third-order valence-electron chi connectivity index (χ3n) is 7.36.